The maximum Gasteiger partial charge on any atom is 0.251 e. The van der Waals surface area contributed by atoms with Crippen molar-refractivity contribution in [2.45, 2.75) is 24.9 Å². The number of likely N-dealkylation sites (N-methyl/N-ethyl adjacent to an activating group) is 1. The topological polar surface area (TPSA) is 80.9 Å². The molecule has 7 nitrogen and oxygen atoms in total. The predicted molar refractivity (Wildman–Crippen MR) is 166 cm³/mol. The van der Waals surface area contributed by atoms with Crippen LogP contribution >= 0.6 is 11.6 Å². The van der Waals surface area contributed by atoms with Gasteiger partial charge < -0.3 is 30.2 Å². The minimum atomic E-state index is -0.222. The minimum Gasteiger partial charge on any atom is -0.493 e. The Hall–Kier alpha value is -3.78. The van der Waals surface area contributed by atoms with E-state index in [1.807, 2.05) is 43.4 Å². The number of hydrogen-bond acceptors (Lipinski definition) is 6. The van der Waals surface area contributed by atoms with Crippen molar-refractivity contribution in [1.29, 1.82) is 0 Å². The molecule has 4 aromatic carbocycles. The van der Waals surface area contributed by atoms with Crippen molar-refractivity contribution in [3.8, 4) is 17.2 Å². The van der Waals surface area contributed by atoms with E-state index in [1.165, 1.54) is 37.7 Å². The van der Waals surface area contributed by atoms with Gasteiger partial charge in [0.2, 0.25) is 5.75 Å². The van der Waals surface area contributed by atoms with Crippen molar-refractivity contribution in [3.05, 3.63) is 101 Å². The van der Waals surface area contributed by atoms with Crippen LogP contribution in [0.3, 0.4) is 0 Å². The molecule has 0 fully saturated rings. The summed E-state index contributed by atoms with van der Waals surface area (Å²) in [6.45, 7) is 1.34. The van der Waals surface area contributed by atoms with Gasteiger partial charge in [0, 0.05) is 35.8 Å². The van der Waals surface area contributed by atoms with Gasteiger partial charge in [0.25, 0.3) is 5.91 Å². The Morgan fingerprint density at radius 2 is 1.39 bits per heavy atom. The smallest absolute Gasteiger partial charge is 0.251 e. The highest BCUT2D eigenvalue weighted by atomic mass is 35.5. The quantitative estimate of drug-likeness (QED) is 0.190. The number of rotatable bonds is 14. The van der Waals surface area contributed by atoms with E-state index < -0.39 is 0 Å². The first-order chi connectivity index (χ1) is 19.9. The summed E-state index contributed by atoms with van der Waals surface area (Å²) >= 11 is 6.09. The van der Waals surface area contributed by atoms with Crippen molar-refractivity contribution in [2.24, 2.45) is 0 Å². The van der Waals surface area contributed by atoms with Gasteiger partial charge in [0.15, 0.2) is 11.5 Å². The van der Waals surface area contributed by atoms with Crippen molar-refractivity contribution < 1.29 is 19.0 Å². The van der Waals surface area contributed by atoms with Crippen LogP contribution in [0.25, 0.3) is 10.8 Å². The molecule has 0 saturated carbocycles. The third kappa shape index (κ3) is 8.13. The molecule has 0 aromatic heterocycles. The van der Waals surface area contributed by atoms with Crippen molar-refractivity contribution in [3.63, 3.8) is 0 Å². The summed E-state index contributed by atoms with van der Waals surface area (Å²) in [5, 5.41) is 13.3. The number of benzene rings is 4. The fourth-order valence-corrected chi connectivity index (χ4v) is 5.11. The first-order valence-electron chi connectivity index (χ1n) is 13.6. The molecule has 8 heteroatoms. The zero-order valence-corrected chi connectivity index (χ0v) is 24.8. The lowest BCUT2D eigenvalue weighted by Gasteiger charge is -2.25. The Labute approximate surface area is 247 Å². The van der Waals surface area contributed by atoms with E-state index in [2.05, 4.69) is 46.3 Å². The van der Waals surface area contributed by atoms with Gasteiger partial charge in [-0.3, -0.25) is 4.79 Å². The van der Waals surface area contributed by atoms with Crippen LogP contribution < -0.4 is 30.2 Å². The molecule has 3 N–H and O–H groups in total. The Bertz CT molecular complexity index is 1420. The Morgan fingerprint density at radius 3 is 2.02 bits per heavy atom. The Balaban J connectivity index is 1.56. The van der Waals surface area contributed by atoms with E-state index in [4.69, 9.17) is 25.8 Å². The van der Waals surface area contributed by atoms with Crippen molar-refractivity contribution >= 4 is 28.3 Å². The molecule has 41 heavy (non-hydrogen) atoms. The number of methoxy groups -OCH3 is 3. The normalized spacial score (nSPS) is 12.5. The van der Waals surface area contributed by atoms with Gasteiger partial charge in [0.1, 0.15) is 0 Å². The largest absolute Gasteiger partial charge is 0.493 e. The molecule has 216 valence electrons. The number of nitrogens with one attached hydrogen (secondary N) is 3. The maximum atomic E-state index is 13.6. The SMILES string of the molecule is CNC[C@H](Cc1ccc(Cl)cc1)NC[C@@H](Cc1ccc2ccccc2c1)NC(=O)c1cc(OC)c(OC)c(OC)c1. The third-order valence-electron chi connectivity index (χ3n) is 7.06. The molecule has 4 rings (SSSR count). The molecule has 0 aliphatic heterocycles. The first-order valence-corrected chi connectivity index (χ1v) is 14.0. The standard InChI is InChI=1S/C33H38ClN3O4/c1-35-20-28(16-22-10-13-27(34)14-11-22)36-21-29(17-23-9-12-24-7-5-6-8-25(24)15-23)37-33(38)26-18-30(39-2)32(41-4)31(19-26)40-3/h5-15,18-19,28-29,35-36H,16-17,20-21H2,1-4H3,(H,37,38)/t28-,29+/m0/s1. The summed E-state index contributed by atoms with van der Waals surface area (Å²) in [6.07, 6.45) is 1.47. The fourth-order valence-electron chi connectivity index (χ4n) is 4.98. The van der Waals surface area contributed by atoms with E-state index in [-0.39, 0.29) is 18.0 Å². The van der Waals surface area contributed by atoms with E-state index in [9.17, 15) is 4.79 Å². The van der Waals surface area contributed by atoms with E-state index >= 15 is 0 Å². The molecule has 0 unspecified atom stereocenters. The zero-order chi connectivity index (χ0) is 29.2. The van der Waals surface area contributed by atoms with Crippen LogP contribution in [-0.2, 0) is 12.8 Å². The molecule has 4 aromatic rings. The molecule has 0 bridgehead atoms. The van der Waals surface area contributed by atoms with Crippen LogP contribution in [0.15, 0.2) is 78.9 Å². The van der Waals surface area contributed by atoms with Crippen molar-refractivity contribution in [2.75, 3.05) is 41.5 Å². The third-order valence-corrected chi connectivity index (χ3v) is 7.31. The van der Waals surface area contributed by atoms with Crippen LogP contribution in [0.1, 0.15) is 21.5 Å². The average molecular weight is 576 g/mol. The van der Waals surface area contributed by atoms with Gasteiger partial charge >= 0.3 is 0 Å². The number of fused-ring (bicyclic) bond motifs is 1. The number of halogens is 1. The minimum absolute atomic E-state index is 0.151. The monoisotopic (exact) mass is 575 g/mol. The van der Waals surface area contributed by atoms with Gasteiger partial charge in [-0.05, 0) is 66.1 Å². The molecule has 0 spiro atoms. The summed E-state index contributed by atoms with van der Waals surface area (Å²) in [6, 6.07) is 25.9. The molecular formula is C33H38ClN3O4. The average Bonchev–Trinajstić information content (AvgIpc) is 3.00. The highest BCUT2D eigenvalue weighted by Gasteiger charge is 2.21. The first kappa shape index (κ1) is 30.2. The molecular weight excluding hydrogens is 538 g/mol. The zero-order valence-electron chi connectivity index (χ0n) is 24.0. The second kappa shape index (κ2) is 14.7. The van der Waals surface area contributed by atoms with Crippen LogP contribution in [0, 0.1) is 0 Å². The van der Waals surface area contributed by atoms with E-state index in [0.29, 0.717) is 35.8 Å². The molecule has 0 aliphatic carbocycles. The van der Waals surface area contributed by atoms with Crippen LogP contribution in [0.4, 0.5) is 0 Å². The summed E-state index contributed by atoms with van der Waals surface area (Å²) in [4.78, 5) is 13.6. The molecule has 0 saturated heterocycles. The molecule has 1 amide bonds. The van der Waals surface area contributed by atoms with Gasteiger partial charge in [-0.25, -0.2) is 0 Å². The highest BCUT2D eigenvalue weighted by Crippen LogP contribution is 2.38. The maximum absolute atomic E-state index is 13.6. The predicted octanol–water partition coefficient (Wildman–Crippen LogP) is 5.28. The summed E-state index contributed by atoms with van der Waals surface area (Å²) in [5.74, 6) is 1.08. The lowest BCUT2D eigenvalue weighted by Crippen LogP contribution is -2.48. The van der Waals surface area contributed by atoms with Crippen molar-refractivity contribution in [1.82, 2.24) is 16.0 Å². The highest BCUT2D eigenvalue weighted by molar-refractivity contribution is 6.30. The summed E-state index contributed by atoms with van der Waals surface area (Å²) in [7, 11) is 6.55. The number of amides is 1. The Morgan fingerprint density at radius 1 is 0.756 bits per heavy atom. The Kier molecular flexibility index (Phi) is 10.8. The van der Waals surface area contributed by atoms with Gasteiger partial charge in [-0.2, -0.15) is 0 Å². The number of carbonyl (C=O) groups excluding carboxylic acids is 1. The lowest BCUT2D eigenvalue weighted by molar-refractivity contribution is 0.0934. The molecule has 0 radical (unpaired) electrons. The molecule has 0 heterocycles. The molecule has 2 atom stereocenters. The fraction of sp³-hybridized carbons (Fsp3) is 0.303. The van der Waals surface area contributed by atoms with Crippen LogP contribution in [-0.4, -0.2) is 59.5 Å². The van der Waals surface area contributed by atoms with Gasteiger partial charge in [-0.15, -0.1) is 0 Å². The lowest BCUT2D eigenvalue weighted by atomic mass is 10.0. The number of carbonyl (C=O) groups is 1. The number of ether oxygens (including phenoxy) is 3. The van der Waals surface area contributed by atoms with Gasteiger partial charge in [0.05, 0.1) is 21.3 Å². The van der Waals surface area contributed by atoms with Crippen LogP contribution in [0.5, 0.6) is 17.2 Å². The summed E-state index contributed by atoms with van der Waals surface area (Å²) < 4.78 is 16.4. The second-order valence-corrected chi connectivity index (χ2v) is 10.4. The summed E-state index contributed by atoms with van der Waals surface area (Å²) in [5.41, 5.74) is 2.76. The number of hydrogen-bond donors (Lipinski definition) is 3. The van der Waals surface area contributed by atoms with E-state index in [0.717, 1.165) is 23.6 Å². The van der Waals surface area contributed by atoms with Gasteiger partial charge in [-0.1, -0.05) is 66.2 Å². The molecule has 0 aliphatic rings. The van der Waals surface area contributed by atoms with E-state index in [1.54, 1.807) is 12.1 Å². The second-order valence-electron chi connectivity index (χ2n) is 9.96. The van der Waals surface area contributed by atoms with Crippen LogP contribution in [0.2, 0.25) is 5.02 Å².